The summed E-state index contributed by atoms with van der Waals surface area (Å²) < 4.78 is 6.16. The molecule has 1 aromatic heterocycles. The number of ether oxygens (including phenoxy) is 1. The topological polar surface area (TPSA) is 94.4 Å². The van der Waals surface area contributed by atoms with Crippen LogP contribution < -0.4 is 0 Å². The Hall–Kier alpha value is -2.25. The average Bonchev–Trinajstić information content (AvgIpc) is 3.00. The van der Waals surface area contributed by atoms with E-state index in [1.165, 1.54) is 16.7 Å². The average molecular weight is 280 g/mol. The molecule has 0 bridgehead atoms. The van der Waals surface area contributed by atoms with Gasteiger partial charge in [0.05, 0.1) is 19.3 Å². The summed E-state index contributed by atoms with van der Waals surface area (Å²) in [5, 5.41) is 7.67. The number of esters is 1. The number of amides is 2. The summed E-state index contributed by atoms with van der Waals surface area (Å²) >= 11 is 0. The van der Waals surface area contributed by atoms with E-state index >= 15 is 0 Å². The number of hydrogen-bond acceptors (Lipinski definition) is 6. The summed E-state index contributed by atoms with van der Waals surface area (Å²) in [5.74, 6) is -0.871. The molecule has 8 heteroatoms. The van der Waals surface area contributed by atoms with Crippen LogP contribution in [-0.2, 0) is 27.3 Å². The second kappa shape index (κ2) is 5.81. The van der Waals surface area contributed by atoms with Crippen molar-refractivity contribution >= 4 is 17.8 Å². The molecule has 108 valence electrons. The minimum Gasteiger partial charge on any atom is -0.464 e. The molecule has 1 saturated heterocycles. The maximum atomic E-state index is 11.5. The van der Waals surface area contributed by atoms with Gasteiger partial charge in [0.1, 0.15) is 0 Å². The highest BCUT2D eigenvalue weighted by molar-refractivity contribution is 6.01. The molecule has 0 saturated carbocycles. The number of aromatic nitrogens is 3. The highest BCUT2D eigenvalue weighted by Gasteiger charge is 2.29. The molecular weight excluding hydrogens is 264 g/mol. The van der Waals surface area contributed by atoms with E-state index in [2.05, 4.69) is 15.0 Å². The summed E-state index contributed by atoms with van der Waals surface area (Å²) in [6.07, 6.45) is 1.09. The van der Waals surface area contributed by atoms with E-state index in [0.717, 1.165) is 0 Å². The van der Waals surface area contributed by atoms with Crippen molar-refractivity contribution in [2.24, 2.45) is 0 Å². The predicted octanol–water partition coefficient (Wildman–Crippen LogP) is -0.224. The molecule has 0 radical (unpaired) electrons. The predicted molar refractivity (Wildman–Crippen MR) is 66.7 cm³/mol. The third-order valence-electron chi connectivity index (χ3n) is 3.24. The van der Waals surface area contributed by atoms with E-state index in [-0.39, 0.29) is 36.9 Å². The number of likely N-dealkylation sites (tertiary alicyclic amines) is 1. The summed E-state index contributed by atoms with van der Waals surface area (Å²) in [6.45, 7) is 2.44. The molecule has 1 fully saturated rings. The number of carbonyl (C=O) groups excluding carboxylic acids is 3. The molecule has 0 spiro atoms. The first-order chi connectivity index (χ1) is 9.58. The molecule has 0 N–H and O–H groups in total. The van der Waals surface area contributed by atoms with E-state index in [1.54, 1.807) is 0 Å². The van der Waals surface area contributed by atoms with Crippen LogP contribution in [0.2, 0.25) is 0 Å². The van der Waals surface area contributed by atoms with Crippen LogP contribution in [0.5, 0.6) is 0 Å². The highest BCUT2D eigenvalue weighted by Crippen LogP contribution is 2.13. The standard InChI is InChI=1S/C12H16N4O4/c1-3-8-11(12(19)20-2)13-14-16(8)7-6-15-9(17)4-5-10(15)18/h3-7H2,1-2H3. The lowest BCUT2D eigenvalue weighted by atomic mass is 10.2. The molecular formula is C12H16N4O4. The van der Waals surface area contributed by atoms with Gasteiger partial charge in [-0.15, -0.1) is 5.10 Å². The number of imide groups is 1. The van der Waals surface area contributed by atoms with Crippen molar-refractivity contribution < 1.29 is 19.1 Å². The number of methoxy groups -OCH3 is 1. The highest BCUT2D eigenvalue weighted by atomic mass is 16.5. The molecule has 2 heterocycles. The maximum Gasteiger partial charge on any atom is 0.360 e. The van der Waals surface area contributed by atoms with Crippen molar-refractivity contribution in [1.29, 1.82) is 0 Å². The second-order valence-corrected chi connectivity index (χ2v) is 4.39. The van der Waals surface area contributed by atoms with Gasteiger partial charge in [-0.2, -0.15) is 0 Å². The van der Waals surface area contributed by atoms with Gasteiger partial charge in [-0.25, -0.2) is 9.48 Å². The molecule has 0 aliphatic carbocycles. The Balaban J connectivity index is 2.10. The fourth-order valence-electron chi connectivity index (χ4n) is 2.18. The van der Waals surface area contributed by atoms with Crippen LogP contribution in [0.25, 0.3) is 0 Å². The smallest absolute Gasteiger partial charge is 0.360 e. The molecule has 20 heavy (non-hydrogen) atoms. The molecule has 0 atom stereocenters. The Morgan fingerprint density at radius 2 is 1.90 bits per heavy atom. The third kappa shape index (κ3) is 2.54. The zero-order chi connectivity index (χ0) is 14.7. The first-order valence-corrected chi connectivity index (χ1v) is 6.42. The Morgan fingerprint density at radius 1 is 1.25 bits per heavy atom. The lowest BCUT2D eigenvalue weighted by Gasteiger charge is -2.14. The Morgan fingerprint density at radius 3 is 2.45 bits per heavy atom. The van der Waals surface area contributed by atoms with Crippen LogP contribution in [0.4, 0.5) is 0 Å². The molecule has 8 nitrogen and oxygen atoms in total. The van der Waals surface area contributed by atoms with E-state index in [4.69, 9.17) is 0 Å². The third-order valence-corrected chi connectivity index (χ3v) is 3.24. The van der Waals surface area contributed by atoms with Crippen molar-refractivity contribution in [2.75, 3.05) is 13.7 Å². The Labute approximate surface area is 115 Å². The van der Waals surface area contributed by atoms with Gasteiger partial charge in [-0.05, 0) is 6.42 Å². The Kier molecular flexibility index (Phi) is 4.11. The van der Waals surface area contributed by atoms with Gasteiger partial charge in [0.25, 0.3) is 0 Å². The van der Waals surface area contributed by atoms with Crippen LogP contribution in [0.15, 0.2) is 0 Å². The number of nitrogens with zero attached hydrogens (tertiary/aromatic N) is 4. The van der Waals surface area contributed by atoms with Crippen molar-refractivity contribution in [3.05, 3.63) is 11.4 Å². The largest absolute Gasteiger partial charge is 0.464 e. The molecule has 1 aliphatic heterocycles. The van der Waals surface area contributed by atoms with Gasteiger partial charge in [-0.1, -0.05) is 12.1 Å². The van der Waals surface area contributed by atoms with E-state index < -0.39 is 5.97 Å². The van der Waals surface area contributed by atoms with Gasteiger partial charge in [0, 0.05) is 19.4 Å². The lowest BCUT2D eigenvalue weighted by molar-refractivity contribution is -0.138. The molecule has 2 rings (SSSR count). The Bertz CT molecular complexity index is 536. The first kappa shape index (κ1) is 14.2. The molecule has 0 aromatic carbocycles. The number of hydrogen-bond donors (Lipinski definition) is 0. The maximum absolute atomic E-state index is 11.5. The van der Waals surface area contributed by atoms with Gasteiger partial charge in [0.2, 0.25) is 11.8 Å². The van der Waals surface area contributed by atoms with Gasteiger partial charge < -0.3 is 4.74 Å². The van der Waals surface area contributed by atoms with Crippen molar-refractivity contribution in [1.82, 2.24) is 19.9 Å². The van der Waals surface area contributed by atoms with E-state index in [9.17, 15) is 14.4 Å². The van der Waals surface area contributed by atoms with Crippen LogP contribution in [0, 0.1) is 0 Å². The van der Waals surface area contributed by atoms with Gasteiger partial charge >= 0.3 is 5.97 Å². The molecule has 1 aliphatic rings. The number of rotatable bonds is 5. The normalized spacial score (nSPS) is 15.0. The minimum atomic E-state index is -0.540. The van der Waals surface area contributed by atoms with Crippen LogP contribution in [0.3, 0.4) is 0 Å². The van der Waals surface area contributed by atoms with Crippen LogP contribution in [-0.4, -0.2) is 51.3 Å². The van der Waals surface area contributed by atoms with Crippen LogP contribution >= 0.6 is 0 Å². The van der Waals surface area contributed by atoms with Gasteiger partial charge in [-0.3, -0.25) is 14.5 Å². The molecule has 2 amide bonds. The fraction of sp³-hybridized carbons (Fsp3) is 0.583. The van der Waals surface area contributed by atoms with Gasteiger partial charge in [0.15, 0.2) is 5.69 Å². The van der Waals surface area contributed by atoms with Crippen molar-refractivity contribution in [3.63, 3.8) is 0 Å². The summed E-state index contributed by atoms with van der Waals surface area (Å²) in [4.78, 5) is 35.7. The molecule has 1 aromatic rings. The minimum absolute atomic E-state index is 0.165. The lowest BCUT2D eigenvalue weighted by Crippen LogP contribution is -2.32. The zero-order valence-electron chi connectivity index (χ0n) is 11.5. The zero-order valence-corrected chi connectivity index (χ0v) is 11.5. The van der Waals surface area contributed by atoms with Crippen molar-refractivity contribution in [2.45, 2.75) is 32.7 Å². The monoisotopic (exact) mass is 280 g/mol. The fourth-order valence-corrected chi connectivity index (χ4v) is 2.18. The van der Waals surface area contributed by atoms with E-state index in [1.807, 2.05) is 6.92 Å². The SMILES string of the molecule is CCc1c(C(=O)OC)nnn1CCN1C(=O)CCC1=O. The first-order valence-electron chi connectivity index (χ1n) is 6.42. The van der Waals surface area contributed by atoms with Crippen LogP contribution in [0.1, 0.15) is 35.9 Å². The molecule has 0 unspecified atom stereocenters. The number of carbonyl (C=O) groups is 3. The van der Waals surface area contributed by atoms with E-state index in [0.29, 0.717) is 18.7 Å². The second-order valence-electron chi connectivity index (χ2n) is 4.39. The summed E-state index contributed by atoms with van der Waals surface area (Å²) in [7, 11) is 1.28. The quantitative estimate of drug-likeness (QED) is 0.546. The summed E-state index contributed by atoms with van der Waals surface area (Å²) in [5.41, 5.74) is 0.810. The van der Waals surface area contributed by atoms with Crippen molar-refractivity contribution in [3.8, 4) is 0 Å². The summed E-state index contributed by atoms with van der Waals surface area (Å²) in [6, 6.07) is 0.